The van der Waals surface area contributed by atoms with Crippen LogP contribution in [0, 0.1) is 5.92 Å². The maximum atomic E-state index is 2.44. The molecule has 1 unspecified atom stereocenters. The highest BCUT2D eigenvalue weighted by Gasteiger charge is 2.08. The molecular formula is C30H60. The summed E-state index contributed by atoms with van der Waals surface area (Å²) in [6, 6.07) is 0. The first kappa shape index (κ1) is 29.7. The monoisotopic (exact) mass is 420 g/mol. The van der Waals surface area contributed by atoms with Crippen LogP contribution in [0.4, 0.5) is 0 Å². The number of allylic oxidation sites excluding steroid dienone is 2. The zero-order valence-corrected chi connectivity index (χ0v) is 21.7. The van der Waals surface area contributed by atoms with Crippen LogP contribution < -0.4 is 0 Å². The fourth-order valence-corrected chi connectivity index (χ4v) is 4.64. The Bertz CT molecular complexity index is 316. The van der Waals surface area contributed by atoms with Crippen molar-refractivity contribution in [1.82, 2.24) is 0 Å². The van der Waals surface area contributed by atoms with Crippen LogP contribution >= 0.6 is 0 Å². The molecule has 0 aliphatic carbocycles. The summed E-state index contributed by atoms with van der Waals surface area (Å²) in [4.78, 5) is 0. The molecule has 0 aliphatic heterocycles. The van der Waals surface area contributed by atoms with Crippen LogP contribution in [0.2, 0.25) is 0 Å². The summed E-state index contributed by atoms with van der Waals surface area (Å²) >= 11 is 0. The van der Waals surface area contributed by atoms with Crippen molar-refractivity contribution in [1.29, 1.82) is 0 Å². The van der Waals surface area contributed by atoms with Gasteiger partial charge in [-0.05, 0) is 31.6 Å². The quantitative estimate of drug-likeness (QED) is 0.102. The van der Waals surface area contributed by atoms with Gasteiger partial charge in [-0.2, -0.15) is 0 Å². The molecule has 0 saturated heterocycles. The lowest BCUT2D eigenvalue weighted by Gasteiger charge is -2.16. The molecule has 0 nitrogen and oxygen atoms in total. The Hall–Kier alpha value is -0.260. The molecule has 0 fully saturated rings. The molecule has 0 N–H and O–H groups in total. The van der Waals surface area contributed by atoms with Crippen LogP contribution in [-0.2, 0) is 0 Å². The van der Waals surface area contributed by atoms with Crippen LogP contribution in [0.5, 0.6) is 0 Å². The highest BCUT2D eigenvalue weighted by Crippen LogP contribution is 2.24. The SMILES string of the molecule is CCCCCCC=CCCCCCCCCCCC(CCCC)CCCCCCC. The third kappa shape index (κ3) is 24.0. The van der Waals surface area contributed by atoms with Gasteiger partial charge in [0.25, 0.3) is 0 Å². The largest absolute Gasteiger partial charge is 0.0885 e. The zero-order chi connectivity index (χ0) is 22.0. The molecule has 0 bridgehead atoms. The molecule has 0 heterocycles. The number of hydrogen-bond acceptors (Lipinski definition) is 0. The molecule has 1 atom stereocenters. The van der Waals surface area contributed by atoms with Crippen molar-refractivity contribution >= 4 is 0 Å². The van der Waals surface area contributed by atoms with Crippen molar-refractivity contribution in [3.05, 3.63) is 12.2 Å². The van der Waals surface area contributed by atoms with Crippen molar-refractivity contribution in [2.24, 2.45) is 5.92 Å². The molecule has 0 aromatic rings. The zero-order valence-electron chi connectivity index (χ0n) is 21.7. The minimum Gasteiger partial charge on any atom is -0.0885 e. The van der Waals surface area contributed by atoms with E-state index in [4.69, 9.17) is 0 Å². The summed E-state index contributed by atoms with van der Waals surface area (Å²) in [5.74, 6) is 1.03. The minimum absolute atomic E-state index is 1.03. The Kier molecular flexibility index (Phi) is 26.5. The van der Waals surface area contributed by atoms with E-state index in [-0.39, 0.29) is 0 Å². The van der Waals surface area contributed by atoms with Crippen LogP contribution in [-0.4, -0.2) is 0 Å². The predicted octanol–water partition coefficient (Wildman–Crippen LogP) is 11.6. The van der Waals surface area contributed by atoms with Crippen molar-refractivity contribution < 1.29 is 0 Å². The summed E-state index contributed by atoms with van der Waals surface area (Å²) in [5.41, 5.74) is 0. The minimum atomic E-state index is 1.03. The second kappa shape index (κ2) is 26.8. The molecule has 0 aromatic carbocycles. The third-order valence-electron chi connectivity index (χ3n) is 6.81. The highest BCUT2D eigenvalue weighted by molar-refractivity contribution is 4.81. The fourth-order valence-electron chi connectivity index (χ4n) is 4.64. The van der Waals surface area contributed by atoms with Crippen LogP contribution in [0.1, 0.15) is 175 Å². The Morgan fingerprint density at radius 1 is 0.367 bits per heavy atom. The number of unbranched alkanes of at least 4 members (excludes halogenated alkanes) is 17. The van der Waals surface area contributed by atoms with E-state index in [0.29, 0.717) is 0 Å². The van der Waals surface area contributed by atoms with E-state index in [1.165, 1.54) is 154 Å². The average molecular weight is 421 g/mol. The van der Waals surface area contributed by atoms with Crippen molar-refractivity contribution in [2.45, 2.75) is 175 Å². The maximum Gasteiger partial charge on any atom is -0.0351 e. The summed E-state index contributed by atoms with van der Waals surface area (Å²) in [6.07, 6.45) is 39.3. The van der Waals surface area contributed by atoms with Gasteiger partial charge in [0.2, 0.25) is 0 Å². The number of rotatable bonds is 25. The van der Waals surface area contributed by atoms with E-state index in [2.05, 4.69) is 32.9 Å². The first-order valence-corrected chi connectivity index (χ1v) is 14.5. The summed E-state index contributed by atoms with van der Waals surface area (Å²) < 4.78 is 0. The van der Waals surface area contributed by atoms with Gasteiger partial charge in [0.05, 0.1) is 0 Å². The van der Waals surface area contributed by atoms with Gasteiger partial charge in [0.15, 0.2) is 0 Å². The van der Waals surface area contributed by atoms with Crippen LogP contribution in [0.3, 0.4) is 0 Å². The normalized spacial score (nSPS) is 12.8. The van der Waals surface area contributed by atoms with Gasteiger partial charge in [-0.3, -0.25) is 0 Å². The van der Waals surface area contributed by atoms with Crippen LogP contribution in [0.15, 0.2) is 12.2 Å². The molecule has 0 radical (unpaired) electrons. The molecular weight excluding hydrogens is 360 g/mol. The van der Waals surface area contributed by atoms with Gasteiger partial charge in [-0.1, -0.05) is 161 Å². The van der Waals surface area contributed by atoms with Gasteiger partial charge < -0.3 is 0 Å². The first-order valence-electron chi connectivity index (χ1n) is 14.5. The highest BCUT2D eigenvalue weighted by atomic mass is 14.1. The smallest absolute Gasteiger partial charge is 0.0351 e. The molecule has 30 heavy (non-hydrogen) atoms. The third-order valence-corrected chi connectivity index (χ3v) is 6.81. The fraction of sp³-hybridized carbons (Fsp3) is 0.933. The Balaban J connectivity index is 3.44. The lowest BCUT2D eigenvalue weighted by atomic mass is 9.90. The summed E-state index contributed by atoms with van der Waals surface area (Å²) in [7, 11) is 0. The molecule has 180 valence electrons. The van der Waals surface area contributed by atoms with E-state index in [0.717, 1.165) is 5.92 Å². The van der Waals surface area contributed by atoms with E-state index in [9.17, 15) is 0 Å². The van der Waals surface area contributed by atoms with E-state index in [1.807, 2.05) is 0 Å². The van der Waals surface area contributed by atoms with Crippen molar-refractivity contribution in [3.8, 4) is 0 Å². The van der Waals surface area contributed by atoms with Crippen LogP contribution in [0.25, 0.3) is 0 Å². The molecule has 0 heteroatoms. The predicted molar refractivity (Wildman–Crippen MR) is 140 cm³/mol. The van der Waals surface area contributed by atoms with Crippen molar-refractivity contribution in [3.63, 3.8) is 0 Å². The topological polar surface area (TPSA) is 0 Å². The first-order chi connectivity index (χ1) is 14.8. The molecule has 0 saturated carbocycles. The number of hydrogen-bond donors (Lipinski definition) is 0. The lowest BCUT2D eigenvalue weighted by molar-refractivity contribution is 0.371. The lowest BCUT2D eigenvalue weighted by Crippen LogP contribution is -2.01. The molecule has 0 aromatic heterocycles. The van der Waals surface area contributed by atoms with Gasteiger partial charge >= 0.3 is 0 Å². The maximum absolute atomic E-state index is 2.44. The Morgan fingerprint density at radius 3 is 1.17 bits per heavy atom. The summed E-state index contributed by atoms with van der Waals surface area (Å²) in [6.45, 7) is 6.96. The van der Waals surface area contributed by atoms with Crippen molar-refractivity contribution in [2.75, 3.05) is 0 Å². The van der Waals surface area contributed by atoms with E-state index in [1.54, 1.807) is 0 Å². The summed E-state index contributed by atoms with van der Waals surface area (Å²) in [5, 5.41) is 0. The average Bonchev–Trinajstić information content (AvgIpc) is 2.76. The van der Waals surface area contributed by atoms with Gasteiger partial charge in [0, 0.05) is 0 Å². The Morgan fingerprint density at radius 2 is 0.700 bits per heavy atom. The van der Waals surface area contributed by atoms with Gasteiger partial charge in [0.1, 0.15) is 0 Å². The van der Waals surface area contributed by atoms with Gasteiger partial charge in [-0.15, -0.1) is 0 Å². The Labute approximate surface area is 193 Å². The van der Waals surface area contributed by atoms with E-state index >= 15 is 0 Å². The molecule has 0 amide bonds. The second-order valence-corrected chi connectivity index (χ2v) is 9.94. The standard InChI is InChI=1S/C30H60/c1-4-7-10-12-13-14-15-16-17-18-19-20-21-22-24-26-29-30(27-9-6-3)28-25-23-11-8-5-2/h14-15,30H,4-13,16-29H2,1-3H3. The van der Waals surface area contributed by atoms with E-state index < -0.39 is 0 Å². The second-order valence-electron chi connectivity index (χ2n) is 9.94. The van der Waals surface area contributed by atoms with Gasteiger partial charge in [-0.25, -0.2) is 0 Å². The molecule has 0 rings (SSSR count). The molecule has 0 spiro atoms. The molecule has 0 aliphatic rings.